The van der Waals surface area contributed by atoms with Crippen molar-refractivity contribution in [2.24, 2.45) is 7.05 Å². The van der Waals surface area contributed by atoms with Gasteiger partial charge in [-0.25, -0.2) is 8.42 Å². The zero-order valence-corrected chi connectivity index (χ0v) is 19.4. The average molecular weight is 487 g/mol. The van der Waals surface area contributed by atoms with Gasteiger partial charge in [-0.2, -0.15) is 4.31 Å². The number of carbonyl (C=O) groups is 1. The van der Waals surface area contributed by atoms with E-state index in [0.717, 1.165) is 31.6 Å². The van der Waals surface area contributed by atoms with Crippen molar-refractivity contribution in [3.05, 3.63) is 40.1 Å². The van der Waals surface area contributed by atoms with Crippen LogP contribution in [-0.2, 0) is 21.8 Å². The second kappa shape index (κ2) is 8.99. The molecule has 1 amide bonds. The molecule has 0 bridgehead atoms. The highest BCUT2D eigenvalue weighted by Gasteiger charge is 2.28. The lowest BCUT2D eigenvalue weighted by Gasteiger charge is -2.27. The highest BCUT2D eigenvalue weighted by molar-refractivity contribution is 7.89. The number of halogens is 2. The van der Waals surface area contributed by atoms with Crippen LogP contribution < -0.4 is 10.2 Å². The van der Waals surface area contributed by atoms with E-state index in [0.29, 0.717) is 32.0 Å². The summed E-state index contributed by atoms with van der Waals surface area (Å²) in [5.41, 5.74) is 1.51. The molecule has 8 nitrogen and oxygen atoms in total. The molecule has 0 spiro atoms. The fourth-order valence-electron chi connectivity index (χ4n) is 3.89. The molecule has 2 fully saturated rings. The average Bonchev–Trinajstić information content (AvgIpc) is 3.39. The van der Waals surface area contributed by atoms with Crippen LogP contribution in [-0.4, -0.2) is 62.6 Å². The van der Waals surface area contributed by atoms with E-state index in [9.17, 15) is 13.2 Å². The molecule has 3 heterocycles. The normalized spacial score (nSPS) is 17.8. The maximum absolute atomic E-state index is 13.1. The monoisotopic (exact) mass is 486 g/mol. The number of hydrogen-bond acceptors (Lipinski definition) is 5. The molecule has 2 saturated heterocycles. The van der Waals surface area contributed by atoms with E-state index in [2.05, 4.69) is 10.2 Å². The summed E-state index contributed by atoms with van der Waals surface area (Å²) in [5.74, 6) is -0.419. The van der Waals surface area contributed by atoms with Crippen LogP contribution in [0.2, 0.25) is 10.2 Å². The molecule has 1 aromatic heterocycles. The largest absolute Gasteiger partial charge is 0.379 e. The van der Waals surface area contributed by atoms with Crippen molar-refractivity contribution in [2.75, 3.05) is 49.6 Å². The molecular weight excluding hydrogens is 463 g/mol. The van der Waals surface area contributed by atoms with E-state index in [1.807, 2.05) is 0 Å². The lowest BCUT2D eigenvalue weighted by Crippen LogP contribution is -2.40. The molecule has 1 aromatic carbocycles. The van der Waals surface area contributed by atoms with Crippen LogP contribution in [0.5, 0.6) is 0 Å². The summed E-state index contributed by atoms with van der Waals surface area (Å²) in [6, 6.07) is 6.38. The van der Waals surface area contributed by atoms with E-state index in [-0.39, 0.29) is 20.8 Å². The van der Waals surface area contributed by atoms with Crippen molar-refractivity contribution in [1.82, 2.24) is 8.87 Å². The molecule has 0 atom stereocenters. The van der Waals surface area contributed by atoms with Gasteiger partial charge in [0.25, 0.3) is 5.91 Å². The Kier molecular flexibility index (Phi) is 6.50. The van der Waals surface area contributed by atoms with Gasteiger partial charge in [0.05, 0.1) is 34.5 Å². The molecule has 11 heteroatoms. The molecule has 31 heavy (non-hydrogen) atoms. The molecule has 4 rings (SSSR count). The minimum atomic E-state index is -3.70. The Morgan fingerprint density at radius 2 is 1.74 bits per heavy atom. The van der Waals surface area contributed by atoms with E-state index in [1.165, 1.54) is 21.0 Å². The Labute approximate surface area is 191 Å². The van der Waals surface area contributed by atoms with Crippen LogP contribution in [0.25, 0.3) is 0 Å². The number of morpholine rings is 1. The molecule has 1 N–H and O–H groups in total. The van der Waals surface area contributed by atoms with Crippen LogP contribution in [0, 0.1) is 0 Å². The molecule has 2 aromatic rings. The van der Waals surface area contributed by atoms with E-state index >= 15 is 0 Å². The van der Waals surface area contributed by atoms with Gasteiger partial charge in [0.1, 0.15) is 10.8 Å². The molecule has 0 radical (unpaired) electrons. The second-order valence-corrected chi connectivity index (χ2v) is 10.3. The number of hydrogen-bond donors (Lipinski definition) is 1. The summed E-state index contributed by atoms with van der Waals surface area (Å²) < 4.78 is 34.4. The van der Waals surface area contributed by atoms with Crippen molar-refractivity contribution in [1.29, 1.82) is 0 Å². The zero-order chi connectivity index (χ0) is 22.2. The number of benzene rings is 1. The fourth-order valence-corrected chi connectivity index (χ4v) is 5.70. The molecule has 2 aliphatic rings. The van der Waals surface area contributed by atoms with Crippen LogP contribution in [0.3, 0.4) is 0 Å². The van der Waals surface area contributed by atoms with Crippen LogP contribution in [0.1, 0.15) is 23.3 Å². The molecule has 0 aliphatic carbocycles. The zero-order valence-electron chi connectivity index (χ0n) is 17.1. The Hall–Kier alpha value is -1.78. The molecule has 0 saturated carbocycles. The van der Waals surface area contributed by atoms with Gasteiger partial charge in [0.15, 0.2) is 0 Å². The third kappa shape index (κ3) is 4.42. The van der Waals surface area contributed by atoms with Crippen molar-refractivity contribution in [3.8, 4) is 0 Å². The maximum atomic E-state index is 13.1. The lowest BCUT2D eigenvalue weighted by atomic mass is 10.2. The molecule has 0 unspecified atom stereocenters. The predicted molar refractivity (Wildman–Crippen MR) is 121 cm³/mol. The Morgan fingerprint density at radius 1 is 1.06 bits per heavy atom. The fraction of sp³-hybridized carbons (Fsp3) is 0.450. The van der Waals surface area contributed by atoms with Gasteiger partial charge in [-0.1, -0.05) is 23.2 Å². The third-order valence-electron chi connectivity index (χ3n) is 5.62. The molecule has 2 aliphatic heterocycles. The smallest absolute Gasteiger partial charge is 0.272 e. The van der Waals surface area contributed by atoms with Crippen LogP contribution >= 0.6 is 23.2 Å². The lowest BCUT2D eigenvalue weighted by molar-refractivity contribution is 0.0730. The number of nitrogens with one attached hydrogen (secondary N) is 1. The Balaban J connectivity index is 1.70. The quantitative estimate of drug-likeness (QED) is 0.701. The van der Waals surface area contributed by atoms with Crippen molar-refractivity contribution < 1.29 is 17.9 Å². The minimum Gasteiger partial charge on any atom is -0.379 e. The summed E-state index contributed by atoms with van der Waals surface area (Å²) >= 11 is 12.2. The number of nitrogens with zero attached hydrogens (tertiary/aromatic N) is 3. The van der Waals surface area contributed by atoms with Crippen molar-refractivity contribution >= 4 is 50.5 Å². The van der Waals surface area contributed by atoms with Gasteiger partial charge in [-0.05, 0) is 37.1 Å². The first-order valence-electron chi connectivity index (χ1n) is 10.1. The van der Waals surface area contributed by atoms with Gasteiger partial charge in [-0.15, -0.1) is 0 Å². The number of anilines is 2. The number of amides is 1. The van der Waals surface area contributed by atoms with E-state index in [1.54, 1.807) is 19.2 Å². The van der Waals surface area contributed by atoms with Crippen LogP contribution in [0.15, 0.2) is 29.2 Å². The summed E-state index contributed by atoms with van der Waals surface area (Å²) in [6.07, 6.45) is 2.09. The van der Waals surface area contributed by atoms with Gasteiger partial charge in [0.2, 0.25) is 10.0 Å². The molecular formula is C20H24Cl2N4O4S. The number of rotatable bonds is 5. The predicted octanol–water partition coefficient (Wildman–Crippen LogP) is 3.21. The topological polar surface area (TPSA) is 83.9 Å². The minimum absolute atomic E-state index is 0.135. The number of aromatic nitrogens is 1. The molecule has 168 valence electrons. The highest BCUT2D eigenvalue weighted by atomic mass is 35.5. The maximum Gasteiger partial charge on any atom is 0.272 e. The van der Waals surface area contributed by atoms with Gasteiger partial charge in [0, 0.05) is 33.2 Å². The van der Waals surface area contributed by atoms with Crippen LogP contribution in [0.4, 0.5) is 11.4 Å². The highest BCUT2D eigenvalue weighted by Crippen LogP contribution is 2.33. The van der Waals surface area contributed by atoms with Crippen molar-refractivity contribution in [3.63, 3.8) is 0 Å². The Morgan fingerprint density at radius 3 is 2.35 bits per heavy atom. The summed E-state index contributed by atoms with van der Waals surface area (Å²) in [4.78, 5) is 15.3. The summed E-state index contributed by atoms with van der Waals surface area (Å²) in [6.45, 7) is 3.03. The first-order chi connectivity index (χ1) is 14.8. The third-order valence-corrected chi connectivity index (χ3v) is 8.36. The SMILES string of the molecule is Cn1c(C(=O)Nc2cc(S(=O)(=O)N3CCOCC3)ccc2N2CCCC2)cc(Cl)c1Cl. The van der Waals surface area contributed by atoms with Gasteiger partial charge in [-0.3, -0.25) is 4.79 Å². The first kappa shape index (κ1) is 22.4. The second-order valence-electron chi connectivity index (χ2n) is 7.57. The van der Waals surface area contributed by atoms with E-state index in [4.69, 9.17) is 27.9 Å². The first-order valence-corrected chi connectivity index (χ1v) is 12.3. The number of carbonyl (C=O) groups excluding carboxylic acids is 1. The summed E-state index contributed by atoms with van der Waals surface area (Å²) in [7, 11) is -2.06. The number of sulfonamides is 1. The standard InChI is InChI=1S/C20H24Cl2N4O4S/c1-24-18(13-15(21)19(24)22)20(27)23-16-12-14(4-5-17(16)25-6-2-3-7-25)31(28,29)26-8-10-30-11-9-26/h4-5,12-13H,2-3,6-11H2,1H3,(H,23,27). The van der Waals surface area contributed by atoms with Gasteiger partial charge >= 0.3 is 0 Å². The van der Waals surface area contributed by atoms with Gasteiger partial charge < -0.3 is 19.5 Å². The van der Waals surface area contributed by atoms with Crippen molar-refractivity contribution in [2.45, 2.75) is 17.7 Å². The Bertz CT molecular complexity index is 1090. The number of ether oxygens (including phenoxy) is 1. The van der Waals surface area contributed by atoms with E-state index < -0.39 is 15.9 Å². The summed E-state index contributed by atoms with van der Waals surface area (Å²) in [5, 5.41) is 3.41.